The highest BCUT2D eigenvalue weighted by Gasteiger charge is 2.15. The number of fused-ring (bicyclic) bond motifs is 1. The van der Waals surface area contributed by atoms with Crippen molar-refractivity contribution in [3.8, 4) is 23.0 Å². The van der Waals surface area contributed by atoms with E-state index in [2.05, 4.69) is 32.4 Å². The Balaban J connectivity index is 1.31. The maximum Gasteiger partial charge on any atom is 0.323 e. The maximum absolute atomic E-state index is 12.4. The number of carbonyl (C=O) groups is 1. The van der Waals surface area contributed by atoms with Crippen molar-refractivity contribution < 1.29 is 13.9 Å². The van der Waals surface area contributed by atoms with Crippen molar-refractivity contribution >= 4 is 34.2 Å². The van der Waals surface area contributed by atoms with Crippen LogP contribution >= 0.6 is 0 Å². The summed E-state index contributed by atoms with van der Waals surface area (Å²) in [6.07, 6.45) is 3.32. The van der Waals surface area contributed by atoms with E-state index in [0.717, 1.165) is 54.1 Å². The second-order valence-corrected chi connectivity index (χ2v) is 8.63. The van der Waals surface area contributed by atoms with Crippen molar-refractivity contribution in [2.75, 3.05) is 49.2 Å². The van der Waals surface area contributed by atoms with E-state index in [1.165, 1.54) is 0 Å². The molecule has 2 amide bonds. The summed E-state index contributed by atoms with van der Waals surface area (Å²) in [6.45, 7) is 5.88. The first-order valence-corrected chi connectivity index (χ1v) is 11.8. The number of furan rings is 1. The molecule has 0 aliphatic carbocycles. The summed E-state index contributed by atoms with van der Waals surface area (Å²) in [6, 6.07) is 14.8. The number of nitrogens with one attached hydrogen (secondary N) is 2. The first-order valence-electron chi connectivity index (χ1n) is 11.8. The average Bonchev–Trinajstić information content (AvgIpc) is 3.33. The van der Waals surface area contributed by atoms with Crippen LogP contribution in [0.3, 0.4) is 0 Å². The number of urea groups is 1. The van der Waals surface area contributed by atoms with Crippen LogP contribution in [0.2, 0.25) is 0 Å². The Morgan fingerprint density at radius 2 is 1.89 bits per heavy atom. The van der Waals surface area contributed by atoms with E-state index in [0.29, 0.717) is 29.2 Å². The molecule has 0 radical (unpaired) electrons. The zero-order valence-corrected chi connectivity index (χ0v) is 20.0. The second-order valence-electron chi connectivity index (χ2n) is 8.63. The Kier molecular flexibility index (Phi) is 6.85. The van der Waals surface area contributed by atoms with E-state index in [1.54, 1.807) is 12.5 Å². The zero-order chi connectivity index (χ0) is 24.9. The van der Waals surface area contributed by atoms with Crippen LogP contribution < -0.4 is 16.4 Å². The number of hydrogen-bond donors (Lipinski definition) is 3. The Hall–Kier alpha value is -4.32. The third kappa shape index (κ3) is 5.33. The van der Waals surface area contributed by atoms with Gasteiger partial charge in [0.25, 0.3) is 0 Å². The number of nitrogens with two attached hydrogens (primary N) is 1. The number of aryl methyl sites for hydroxylation is 1. The van der Waals surface area contributed by atoms with E-state index in [-0.39, 0.29) is 6.03 Å². The molecule has 8 heteroatoms. The molecule has 182 valence electrons. The van der Waals surface area contributed by atoms with E-state index in [4.69, 9.17) is 14.9 Å². The number of aromatic nitrogens is 1. The summed E-state index contributed by atoms with van der Waals surface area (Å²) in [4.78, 5) is 19.0. The summed E-state index contributed by atoms with van der Waals surface area (Å²) in [5.74, 6) is 6.78. The molecule has 0 bridgehead atoms. The van der Waals surface area contributed by atoms with E-state index in [9.17, 15) is 4.79 Å². The second kappa shape index (κ2) is 10.5. The molecule has 36 heavy (non-hydrogen) atoms. The van der Waals surface area contributed by atoms with Crippen LogP contribution in [0.15, 0.2) is 65.4 Å². The van der Waals surface area contributed by atoms with Gasteiger partial charge in [0.2, 0.25) is 0 Å². The van der Waals surface area contributed by atoms with Crippen LogP contribution in [0.1, 0.15) is 11.1 Å². The standard InChI is InChI=1S/C28H27N5O3/c1-19-4-2-6-23(16-19)32-28(34)31-22-9-7-20(8-10-22)24-18-36-26-21(17-30-27(29)25(24)26)5-3-11-33-12-14-35-15-13-33/h2,4,6-10,16-18H,11-15H2,1H3,(H2,29,30)(H2,31,32,34). The van der Waals surface area contributed by atoms with Gasteiger partial charge in [0.05, 0.1) is 37.0 Å². The average molecular weight is 482 g/mol. The van der Waals surface area contributed by atoms with Gasteiger partial charge in [0.15, 0.2) is 5.58 Å². The number of nitrogen functional groups attached to an aromatic ring is 1. The summed E-state index contributed by atoms with van der Waals surface area (Å²) in [5.41, 5.74) is 11.7. The fourth-order valence-corrected chi connectivity index (χ4v) is 4.12. The fraction of sp³-hybridized carbons (Fsp3) is 0.214. The lowest BCUT2D eigenvalue weighted by atomic mass is 10.0. The molecule has 1 aliphatic heterocycles. The van der Waals surface area contributed by atoms with Gasteiger partial charge in [0, 0.05) is 36.2 Å². The van der Waals surface area contributed by atoms with Gasteiger partial charge in [0.1, 0.15) is 5.82 Å². The molecule has 0 saturated carbocycles. The van der Waals surface area contributed by atoms with E-state index >= 15 is 0 Å². The minimum Gasteiger partial charge on any atom is -0.462 e. The summed E-state index contributed by atoms with van der Waals surface area (Å²) >= 11 is 0. The minimum absolute atomic E-state index is 0.309. The van der Waals surface area contributed by atoms with E-state index in [1.807, 2.05) is 55.5 Å². The van der Waals surface area contributed by atoms with Gasteiger partial charge in [-0.25, -0.2) is 9.78 Å². The highest BCUT2D eigenvalue weighted by Crippen LogP contribution is 2.35. The lowest BCUT2D eigenvalue weighted by Crippen LogP contribution is -2.36. The SMILES string of the molecule is Cc1cccc(NC(=O)Nc2ccc(-c3coc4c(C#CCN5CCOCC5)cnc(N)c34)cc2)c1. The number of benzene rings is 2. The number of hydrogen-bond acceptors (Lipinski definition) is 6. The van der Waals surface area contributed by atoms with Gasteiger partial charge in [-0.05, 0) is 42.3 Å². The maximum atomic E-state index is 12.4. The molecular formula is C28H27N5O3. The van der Waals surface area contributed by atoms with Crippen LogP contribution in [-0.2, 0) is 4.74 Å². The number of anilines is 3. The molecular weight excluding hydrogens is 454 g/mol. The molecule has 4 aromatic rings. The molecule has 3 heterocycles. The number of rotatable bonds is 4. The molecule has 1 saturated heterocycles. The molecule has 2 aromatic carbocycles. The van der Waals surface area contributed by atoms with Crippen molar-refractivity contribution in [1.82, 2.24) is 9.88 Å². The minimum atomic E-state index is -0.309. The van der Waals surface area contributed by atoms with Gasteiger partial charge in [-0.2, -0.15) is 0 Å². The van der Waals surface area contributed by atoms with Crippen molar-refractivity contribution in [3.05, 3.63) is 72.1 Å². The van der Waals surface area contributed by atoms with Crippen LogP contribution in [0, 0.1) is 18.8 Å². The number of ether oxygens (including phenoxy) is 1. The number of nitrogens with zero attached hydrogens (tertiary/aromatic N) is 2. The third-order valence-electron chi connectivity index (χ3n) is 5.98. The Bertz CT molecular complexity index is 1440. The lowest BCUT2D eigenvalue weighted by molar-refractivity contribution is 0.0443. The molecule has 0 spiro atoms. The number of amides is 2. The molecule has 0 atom stereocenters. The van der Waals surface area contributed by atoms with Crippen LogP contribution in [-0.4, -0.2) is 48.8 Å². The highest BCUT2D eigenvalue weighted by molar-refractivity contribution is 6.03. The van der Waals surface area contributed by atoms with Crippen molar-refractivity contribution in [2.45, 2.75) is 6.92 Å². The number of morpholine rings is 1. The quantitative estimate of drug-likeness (QED) is 0.365. The fourth-order valence-electron chi connectivity index (χ4n) is 4.12. The van der Waals surface area contributed by atoms with Gasteiger partial charge >= 0.3 is 6.03 Å². The molecule has 5 rings (SSSR count). The Morgan fingerprint density at radius 1 is 1.11 bits per heavy atom. The summed E-state index contributed by atoms with van der Waals surface area (Å²) in [5, 5.41) is 6.41. The van der Waals surface area contributed by atoms with Crippen molar-refractivity contribution in [2.24, 2.45) is 0 Å². The summed E-state index contributed by atoms with van der Waals surface area (Å²) < 4.78 is 11.3. The van der Waals surface area contributed by atoms with E-state index < -0.39 is 0 Å². The molecule has 8 nitrogen and oxygen atoms in total. The zero-order valence-electron chi connectivity index (χ0n) is 20.0. The highest BCUT2D eigenvalue weighted by atomic mass is 16.5. The topological polar surface area (TPSA) is 106 Å². The molecule has 1 fully saturated rings. The summed E-state index contributed by atoms with van der Waals surface area (Å²) in [7, 11) is 0. The van der Waals surface area contributed by atoms with Gasteiger partial charge in [-0.15, -0.1) is 0 Å². The smallest absolute Gasteiger partial charge is 0.323 e. The van der Waals surface area contributed by atoms with Crippen molar-refractivity contribution in [1.29, 1.82) is 0 Å². The molecule has 4 N–H and O–H groups in total. The van der Waals surface area contributed by atoms with Gasteiger partial charge < -0.3 is 25.5 Å². The first-order chi connectivity index (χ1) is 17.6. The lowest BCUT2D eigenvalue weighted by Gasteiger charge is -2.24. The Labute approximate surface area is 209 Å². The van der Waals surface area contributed by atoms with Crippen molar-refractivity contribution in [3.63, 3.8) is 0 Å². The Morgan fingerprint density at radius 3 is 2.67 bits per heavy atom. The van der Waals surface area contributed by atoms with Crippen LogP contribution in [0.4, 0.5) is 22.0 Å². The first kappa shape index (κ1) is 23.4. The van der Waals surface area contributed by atoms with Gasteiger partial charge in [-0.3, -0.25) is 4.90 Å². The molecule has 2 aromatic heterocycles. The monoisotopic (exact) mass is 481 g/mol. The van der Waals surface area contributed by atoms with Crippen LogP contribution in [0.25, 0.3) is 22.1 Å². The van der Waals surface area contributed by atoms with Crippen LogP contribution in [0.5, 0.6) is 0 Å². The molecule has 0 unspecified atom stereocenters. The molecule has 1 aliphatic rings. The number of carbonyl (C=O) groups excluding carboxylic acids is 1. The predicted molar refractivity (Wildman–Crippen MR) is 142 cm³/mol. The normalized spacial score (nSPS) is 13.7. The third-order valence-corrected chi connectivity index (χ3v) is 5.98. The van der Waals surface area contributed by atoms with Gasteiger partial charge in [-0.1, -0.05) is 36.1 Å². The predicted octanol–water partition coefficient (Wildman–Crippen LogP) is 4.71. The largest absolute Gasteiger partial charge is 0.462 e. The number of pyridine rings is 1.